The maximum atomic E-state index is 13.2. The van der Waals surface area contributed by atoms with Crippen LogP contribution >= 0.6 is 11.8 Å². The first-order chi connectivity index (χ1) is 13.6. The first kappa shape index (κ1) is 17.9. The van der Waals surface area contributed by atoms with Crippen molar-refractivity contribution in [1.29, 1.82) is 0 Å². The number of hydrogen-bond acceptors (Lipinski definition) is 5. The lowest BCUT2D eigenvalue weighted by Crippen LogP contribution is -2.28. The summed E-state index contributed by atoms with van der Waals surface area (Å²) in [7, 11) is 0. The molecule has 140 valence electrons. The van der Waals surface area contributed by atoms with Gasteiger partial charge in [0.2, 0.25) is 5.91 Å². The van der Waals surface area contributed by atoms with E-state index in [0.29, 0.717) is 16.4 Å². The molecule has 28 heavy (non-hydrogen) atoms. The minimum absolute atomic E-state index is 0.306. The van der Waals surface area contributed by atoms with Crippen LogP contribution in [-0.4, -0.2) is 25.3 Å². The van der Waals surface area contributed by atoms with E-state index in [1.807, 2.05) is 30.3 Å². The number of anilines is 1. The van der Waals surface area contributed by atoms with E-state index >= 15 is 0 Å². The molecule has 0 aliphatic rings. The Labute approximate surface area is 162 Å². The minimum Gasteiger partial charge on any atom is -0.324 e. The van der Waals surface area contributed by atoms with Gasteiger partial charge in [-0.2, -0.15) is 9.61 Å². The number of carbonyl (C=O) groups excluding carboxylic acids is 1. The summed E-state index contributed by atoms with van der Waals surface area (Å²) in [4.78, 5) is 25.7. The molecule has 0 radical (unpaired) electrons. The first-order valence-electron chi connectivity index (χ1n) is 8.34. The van der Waals surface area contributed by atoms with Gasteiger partial charge in [0.25, 0.3) is 0 Å². The van der Waals surface area contributed by atoms with Crippen LogP contribution in [0.25, 0.3) is 5.65 Å². The molecule has 2 heterocycles. The van der Waals surface area contributed by atoms with Crippen molar-refractivity contribution in [2.45, 2.75) is 16.5 Å². The van der Waals surface area contributed by atoms with Gasteiger partial charge in [-0.15, -0.1) is 5.10 Å². The minimum atomic E-state index is -0.528. The third-order valence-electron chi connectivity index (χ3n) is 3.78. The fourth-order valence-electron chi connectivity index (χ4n) is 2.56. The number of fused-ring (bicyclic) bond motifs is 1. The van der Waals surface area contributed by atoms with Gasteiger partial charge < -0.3 is 5.32 Å². The van der Waals surface area contributed by atoms with Crippen LogP contribution in [0, 0.1) is 5.82 Å². The van der Waals surface area contributed by atoms with Crippen LogP contribution in [0.1, 0.15) is 0 Å². The summed E-state index contributed by atoms with van der Waals surface area (Å²) in [5.41, 5.74) is 0.113. The number of carbonyl (C=O) groups is 1. The lowest BCUT2D eigenvalue weighted by Gasteiger charge is -2.04. The van der Waals surface area contributed by atoms with Crippen LogP contribution in [0.2, 0.25) is 0 Å². The molecule has 7 nitrogen and oxygen atoms in total. The van der Waals surface area contributed by atoms with Crippen LogP contribution in [0.4, 0.5) is 10.1 Å². The molecular formula is C19H14FN5O2S. The fourth-order valence-corrected chi connectivity index (χ4v) is 3.35. The molecular weight excluding hydrogens is 381 g/mol. The number of amides is 1. The predicted molar refractivity (Wildman–Crippen MR) is 103 cm³/mol. The summed E-state index contributed by atoms with van der Waals surface area (Å²) in [5.74, 6) is -0.953. The largest absolute Gasteiger partial charge is 0.367 e. The molecule has 2 aromatic carbocycles. The standard InChI is InChI=1S/C19H14FN5O2S/c20-13-5-4-6-14(11-13)21-17(26)12-24-19(27)25-16(22-24)9-10-18(23-25)28-15-7-2-1-3-8-15/h1-11H,12H2,(H,21,26). The van der Waals surface area contributed by atoms with Crippen LogP contribution < -0.4 is 11.0 Å². The molecule has 1 N–H and O–H groups in total. The number of nitrogens with one attached hydrogen (secondary N) is 1. The second-order valence-corrected chi connectivity index (χ2v) is 6.95. The van der Waals surface area contributed by atoms with Crippen LogP contribution in [-0.2, 0) is 11.3 Å². The van der Waals surface area contributed by atoms with Crippen molar-refractivity contribution in [3.8, 4) is 0 Å². The quantitative estimate of drug-likeness (QED) is 0.562. The topological polar surface area (TPSA) is 81.3 Å². The Kier molecular flexibility index (Phi) is 4.90. The molecule has 9 heteroatoms. The summed E-state index contributed by atoms with van der Waals surface area (Å²) in [6.45, 7) is -0.306. The highest BCUT2D eigenvalue weighted by molar-refractivity contribution is 7.99. The molecule has 0 saturated heterocycles. The molecule has 0 aliphatic heterocycles. The lowest BCUT2D eigenvalue weighted by atomic mass is 10.3. The summed E-state index contributed by atoms with van der Waals surface area (Å²) in [6, 6.07) is 18.6. The Morgan fingerprint density at radius 3 is 2.64 bits per heavy atom. The zero-order chi connectivity index (χ0) is 19.5. The number of halogens is 1. The normalized spacial score (nSPS) is 10.9. The van der Waals surface area contributed by atoms with Crippen molar-refractivity contribution in [2.24, 2.45) is 0 Å². The molecule has 0 unspecified atom stereocenters. The van der Waals surface area contributed by atoms with Gasteiger partial charge in [0.1, 0.15) is 17.4 Å². The molecule has 2 aromatic heterocycles. The van der Waals surface area contributed by atoms with Gasteiger partial charge in [-0.05, 0) is 42.5 Å². The van der Waals surface area contributed by atoms with Crippen molar-refractivity contribution < 1.29 is 9.18 Å². The number of hydrogen-bond donors (Lipinski definition) is 1. The van der Waals surface area contributed by atoms with Crippen molar-refractivity contribution in [3.05, 3.63) is 83.0 Å². The predicted octanol–water partition coefficient (Wildman–Crippen LogP) is 2.82. The number of nitrogens with zero attached hydrogens (tertiary/aromatic N) is 4. The SMILES string of the molecule is O=C(Cn1nc2ccc(Sc3ccccc3)nn2c1=O)Nc1cccc(F)c1. The summed E-state index contributed by atoms with van der Waals surface area (Å²) >= 11 is 1.41. The first-order valence-corrected chi connectivity index (χ1v) is 9.15. The molecule has 0 aliphatic carbocycles. The van der Waals surface area contributed by atoms with Crippen LogP contribution in [0.5, 0.6) is 0 Å². The highest BCUT2D eigenvalue weighted by atomic mass is 32.2. The average Bonchev–Trinajstić information content (AvgIpc) is 2.98. The van der Waals surface area contributed by atoms with E-state index in [4.69, 9.17) is 0 Å². The van der Waals surface area contributed by atoms with Gasteiger partial charge in [0.15, 0.2) is 5.65 Å². The highest BCUT2D eigenvalue weighted by Gasteiger charge is 2.13. The third kappa shape index (κ3) is 3.94. The lowest BCUT2D eigenvalue weighted by molar-refractivity contribution is -0.117. The molecule has 0 atom stereocenters. The van der Waals surface area contributed by atoms with Crippen molar-refractivity contribution in [1.82, 2.24) is 19.4 Å². The fraction of sp³-hybridized carbons (Fsp3) is 0.0526. The van der Waals surface area contributed by atoms with Crippen LogP contribution in [0.3, 0.4) is 0 Å². The van der Waals surface area contributed by atoms with Crippen molar-refractivity contribution in [3.63, 3.8) is 0 Å². The van der Waals surface area contributed by atoms with Gasteiger partial charge in [-0.25, -0.2) is 13.9 Å². The Bertz CT molecular complexity index is 1210. The van der Waals surface area contributed by atoms with Gasteiger partial charge in [0.05, 0.1) is 0 Å². The molecule has 4 rings (SSSR count). The Morgan fingerprint density at radius 1 is 1.04 bits per heavy atom. The van der Waals surface area contributed by atoms with E-state index in [-0.39, 0.29) is 6.54 Å². The monoisotopic (exact) mass is 395 g/mol. The maximum absolute atomic E-state index is 13.2. The van der Waals surface area contributed by atoms with Crippen LogP contribution in [0.15, 0.2) is 81.4 Å². The number of benzene rings is 2. The Morgan fingerprint density at radius 2 is 1.86 bits per heavy atom. The average molecular weight is 395 g/mol. The van der Waals surface area contributed by atoms with Gasteiger partial charge >= 0.3 is 5.69 Å². The highest BCUT2D eigenvalue weighted by Crippen LogP contribution is 2.25. The van der Waals surface area contributed by atoms with E-state index in [0.717, 1.165) is 14.1 Å². The van der Waals surface area contributed by atoms with Crippen molar-refractivity contribution in [2.75, 3.05) is 5.32 Å². The van der Waals surface area contributed by atoms with Gasteiger partial charge in [-0.3, -0.25) is 4.79 Å². The van der Waals surface area contributed by atoms with Gasteiger partial charge in [0, 0.05) is 10.6 Å². The molecule has 0 spiro atoms. The number of rotatable bonds is 5. The molecule has 4 aromatic rings. The van der Waals surface area contributed by atoms with E-state index in [2.05, 4.69) is 15.5 Å². The zero-order valence-corrected chi connectivity index (χ0v) is 15.3. The number of aromatic nitrogens is 4. The van der Waals surface area contributed by atoms with E-state index in [9.17, 15) is 14.0 Å². The van der Waals surface area contributed by atoms with E-state index in [1.54, 1.807) is 18.2 Å². The third-order valence-corrected chi connectivity index (χ3v) is 4.72. The zero-order valence-electron chi connectivity index (χ0n) is 14.4. The summed E-state index contributed by atoms with van der Waals surface area (Å²) < 4.78 is 15.4. The molecule has 0 bridgehead atoms. The summed E-state index contributed by atoms with van der Waals surface area (Å²) in [6.07, 6.45) is 0. The summed E-state index contributed by atoms with van der Waals surface area (Å²) in [5, 5.41) is 11.6. The maximum Gasteiger partial charge on any atom is 0.367 e. The second kappa shape index (κ2) is 7.65. The molecule has 1 amide bonds. The van der Waals surface area contributed by atoms with E-state index < -0.39 is 17.4 Å². The molecule has 0 saturated carbocycles. The smallest absolute Gasteiger partial charge is 0.324 e. The molecule has 0 fully saturated rings. The van der Waals surface area contributed by atoms with E-state index in [1.165, 1.54) is 30.0 Å². The van der Waals surface area contributed by atoms with Gasteiger partial charge in [-0.1, -0.05) is 36.0 Å². The second-order valence-electron chi connectivity index (χ2n) is 5.86. The Balaban J connectivity index is 1.54. The Hall–Kier alpha value is -3.46. The van der Waals surface area contributed by atoms with Crippen molar-refractivity contribution >= 4 is 29.0 Å².